The highest BCUT2D eigenvalue weighted by atomic mass is 16.5. The smallest absolute Gasteiger partial charge is 0.158 e. The Hall–Kier alpha value is -0.410. The van der Waals surface area contributed by atoms with Gasteiger partial charge in [0.2, 0.25) is 0 Å². The number of hydrogen-bond acceptors (Lipinski definition) is 3. The van der Waals surface area contributed by atoms with Gasteiger partial charge in [-0.25, -0.2) is 0 Å². The summed E-state index contributed by atoms with van der Waals surface area (Å²) >= 11 is 0. The number of ketones is 1. The van der Waals surface area contributed by atoms with Crippen LogP contribution in [0.15, 0.2) is 0 Å². The Morgan fingerprint density at radius 1 is 1.19 bits per heavy atom. The van der Waals surface area contributed by atoms with E-state index >= 15 is 0 Å². The van der Waals surface area contributed by atoms with Crippen molar-refractivity contribution in [3.63, 3.8) is 0 Å². The lowest BCUT2D eigenvalue weighted by Crippen LogP contribution is -2.58. The molecule has 1 heterocycles. The van der Waals surface area contributed by atoms with Gasteiger partial charge >= 0.3 is 0 Å². The summed E-state index contributed by atoms with van der Waals surface area (Å²) in [4.78, 5) is 14.8. The SMILES string of the molecule is CCC(C)(C(=O)C(C)(C)C)N1CCOCC1. The van der Waals surface area contributed by atoms with Crippen LogP contribution in [-0.4, -0.2) is 42.5 Å². The van der Waals surface area contributed by atoms with E-state index in [4.69, 9.17) is 4.74 Å². The van der Waals surface area contributed by atoms with Gasteiger partial charge in [-0.3, -0.25) is 9.69 Å². The number of Topliss-reactive ketones (excluding diaryl/α,β-unsaturated/α-hetero) is 1. The van der Waals surface area contributed by atoms with Gasteiger partial charge in [-0.15, -0.1) is 0 Å². The van der Waals surface area contributed by atoms with Crippen LogP contribution in [-0.2, 0) is 9.53 Å². The molecule has 0 bridgehead atoms. The zero-order valence-electron chi connectivity index (χ0n) is 11.3. The molecule has 0 aromatic carbocycles. The first-order chi connectivity index (χ1) is 7.32. The van der Waals surface area contributed by atoms with E-state index in [0.717, 1.165) is 32.7 Å². The molecule has 3 nitrogen and oxygen atoms in total. The van der Waals surface area contributed by atoms with Crippen molar-refractivity contribution in [1.82, 2.24) is 4.90 Å². The molecule has 1 unspecified atom stereocenters. The van der Waals surface area contributed by atoms with Gasteiger partial charge in [0.25, 0.3) is 0 Å². The van der Waals surface area contributed by atoms with E-state index in [1.807, 2.05) is 20.8 Å². The molecule has 1 rings (SSSR count). The largest absolute Gasteiger partial charge is 0.379 e. The maximum Gasteiger partial charge on any atom is 0.158 e. The molecule has 1 saturated heterocycles. The Morgan fingerprint density at radius 3 is 2.06 bits per heavy atom. The number of nitrogens with zero attached hydrogens (tertiary/aromatic N) is 1. The van der Waals surface area contributed by atoms with Gasteiger partial charge in [0.1, 0.15) is 0 Å². The number of carbonyl (C=O) groups excluding carboxylic acids is 1. The Bertz CT molecular complexity index is 251. The Balaban J connectivity index is 2.87. The molecule has 1 aliphatic rings. The van der Waals surface area contributed by atoms with Gasteiger partial charge in [-0.05, 0) is 13.3 Å². The zero-order chi connectivity index (χ0) is 12.4. The van der Waals surface area contributed by atoms with Crippen LogP contribution in [0.1, 0.15) is 41.0 Å². The molecule has 94 valence electrons. The molecule has 0 spiro atoms. The lowest BCUT2D eigenvalue weighted by atomic mass is 9.76. The normalized spacial score (nSPS) is 22.8. The lowest BCUT2D eigenvalue weighted by Gasteiger charge is -2.44. The molecule has 0 N–H and O–H groups in total. The number of ether oxygens (including phenoxy) is 1. The topological polar surface area (TPSA) is 29.5 Å². The molecule has 1 aliphatic heterocycles. The average molecular weight is 227 g/mol. The van der Waals surface area contributed by atoms with E-state index in [1.165, 1.54) is 0 Å². The van der Waals surface area contributed by atoms with Crippen LogP contribution in [0.4, 0.5) is 0 Å². The molecule has 1 atom stereocenters. The van der Waals surface area contributed by atoms with Gasteiger partial charge in [0.15, 0.2) is 5.78 Å². The van der Waals surface area contributed by atoms with Crippen LogP contribution in [0, 0.1) is 5.41 Å². The summed E-state index contributed by atoms with van der Waals surface area (Å²) < 4.78 is 5.35. The second-order valence-electron chi connectivity index (χ2n) is 5.81. The van der Waals surface area contributed by atoms with Crippen LogP contribution in [0.3, 0.4) is 0 Å². The third-order valence-corrected chi connectivity index (χ3v) is 3.57. The number of morpholine rings is 1. The quantitative estimate of drug-likeness (QED) is 0.739. The lowest BCUT2D eigenvalue weighted by molar-refractivity contribution is -0.141. The molecular weight excluding hydrogens is 202 g/mol. The number of hydrogen-bond donors (Lipinski definition) is 0. The van der Waals surface area contributed by atoms with Crippen LogP contribution in [0.25, 0.3) is 0 Å². The van der Waals surface area contributed by atoms with Crippen LogP contribution in [0.5, 0.6) is 0 Å². The van der Waals surface area contributed by atoms with Crippen molar-refractivity contribution in [2.24, 2.45) is 5.41 Å². The second kappa shape index (κ2) is 4.84. The third kappa shape index (κ3) is 2.64. The van der Waals surface area contributed by atoms with E-state index in [9.17, 15) is 4.79 Å². The summed E-state index contributed by atoms with van der Waals surface area (Å²) in [5.41, 5.74) is -0.606. The minimum Gasteiger partial charge on any atom is -0.379 e. The minimum atomic E-state index is -0.331. The van der Waals surface area contributed by atoms with Crippen molar-refractivity contribution in [3.8, 4) is 0 Å². The van der Waals surface area contributed by atoms with Gasteiger partial charge in [0.05, 0.1) is 18.8 Å². The van der Waals surface area contributed by atoms with Crippen molar-refractivity contribution >= 4 is 5.78 Å². The second-order valence-corrected chi connectivity index (χ2v) is 5.81. The number of rotatable bonds is 3. The van der Waals surface area contributed by atoms with E-state index in [0.29, 0.717) is 5.78 Å². The summed E-state index contributed by atoms with van der Waals surface area (Å²) in [6.45, 7) is 13.4. The molecule has 0 aromatic heterocycles. The molecule has 0 aliphatic carbocycles. The molecule has 0 amide bonds. The summed E-state index contributed by atoms with van der Waals surface area (Å²) in [5.74, 6) is 0.337. The fourth-order valence-electron chi connectivity index (χ4n) is 2.39. The molecule has 0 saturated carbocycles. The fraction of sp³-hybridized carbons (Fsp3) is 0.923. The van der Waals surface area contributed by atoms with E-state index in [2.05, 4.69) is 18.7 Å². The Morgan fingerprint density at radius 2 is 1.69 bits per heavy atom. The van der Waals surface area contributed by atoms with Crippen LogP contribution < -0.4 is 0 Å². The summed E-state index contributed by atoms with van der Waals surface area (Å²) in [6.07, 6.45) is 0.864. The molecule has 1 fully saturated rings. The monoisotopic (exact) mass is 227 g/mol. The third-order valence-electron chi connectivity index (χ3n) is 3.57. The molecule has 0 aromatic rings. The Labute approximate surface area is 99.1 Å². The standard InChI is InChI=1S/C13H25NO2/c1-6-13(5,11(15)12(2,3)4)14-7-9-16-10-8-14/h6-10H2,1-5H3. The minimum absolute atomic E-state index is 0.275. The Kier molecular flexibility index (Phi) is 4.13. The first kappa shape index (κ1) is 13.7. The summed E-state index contributed by atoms with van der Waals surface area (Å²) in [5, 5.41) is 0. The zero-order valence-corrected chi connectivity index (χ0v) is 11.3. The molecular formula is C13H25NO2. The fourth-order valence-corrected chi connectivity index (χ4v) is 2.39. The van der Waals surface area contributed by atoms with Crippen LogP contribution in [0.2, 0.25) is 0 Å². The van der Waals surface area contributed by atoms with E-state index in [-0.39, 0.29) is 11.0 Å². The van der Waals surface area contributed by atoms with Gasteiger partial charge in [0, 0.05) is 18.5 Å². The average Bonchev–Trinajstić information content (AvgIpc) is 2.27. The molecule has 3 heteroatoms. The van der Waals surface area contributed by atoms with E-state index < -0.39 is 0 Å². The van der Waals surface area contributed by atoms with Crippen molar-refractivity contribution in [2.45, 2.75) is 46.6 Å². The molecule has 0 radical (unpaired) electrons. The van der Waals surface area contributed by atoms with Crippen LogP contribution >= 0.6 is 0 Å². The maximum absolute atomic E-state index is 12.5. The summed E-state index contributed by atoms with van der Waals surface area (Å²) in [7, 11) is 0. The first-order valence-corrected chi connectivity index (χ1v) is 6.20. The van der Waals surface area contributed by atoms with E-state index in [1.54, 1.807) is 0 Å². The highest BCUT2D eigenvalue weighted by Crippen LogP contribution is 2.30. The highest BCUT2D eigenvalue weighted by Gasteiger charge is 2.43. The van der Waals surface area contributed by atoms with Crippen molar-refractivity contribution < 1.29 is 9.53 Å². The highest BCUT2D eigenvalue weighted by molar-refractivity contribution is 5.92. The van der Waals surface area contributed by atoms with Crippen molar-refractivity contribution in [1.29, 1.82) is 0 Å². The van der Waals surface area contributed by atoms with Crippen molar-refractivity contribution in [3.05, 3.63) is 0 Å². The number of carbonyl (C=O) groups is 1. The van der Waals surface area contributed by atoms with Gasteiger partial charge < -0.3 is 4.74 Å². The predicted molar refractivity (Wildman–Crippen MR) is 65.6 cm³/mol. The molecule has 16 heavy (non-hydrogen) atoms. The first-order valence-electron chi connectivity index (χ1n) is 6.20. The maximum atomic E-state index is 12.5. The predicted octanol–water partition coefficient (Wildman–Crippen LogP) is 2.10. The van der Waals surface area contributed by atoms with Gasteiger partial charge in [-0.2, -0.15) is 0 Å². The summed E-state index contributed by atoms with van der Waals surface area (Å²) in [6, 6.07) is 0. The van der Waals surface area contributed by atoms with Gasteiger partial charge in [-0.1, -0.05) is 27.7 Å². The van der Waals surface area contributed by atoms with Crippen molar-refractivity contribution in [2.75, 3.05) is 26.3 Å².